The van der Waals surface area contributed by atoms with Crippen LogP contribution in [-0.2, 0) is 10.0 Å². The van der Waals surface area contributed by atoms with Gasteiger partial charge in [-0.15, -0.1) is 0 Å². The zero-order valence-corrected chi connectivity index (χ0v) is 24.8. The summed E-state index contributed by atoms with van der Waals surface area (Å²) in [7, 11) is -2.25. The Balaban J connectivity index is 1.65. The van der Waals surface area contributed by atoms with E-state index in [4.69, 9.17) is 16.3 Å². The standard InChI is InChI=1S/C30H38ClN3O5S/c1-21-18-34(22(2)20-35)40(37,38)29-15-14-24(13-12-23-8-7-9-25(31)16-23)17-27(29)39-28(21)19-33(3)30(36)32-26-10-5-4-6-11-26/h7-9,14-17,21-22,26,28,35H,4-6,10-11,18-20H2,1-3H3,(H,32,36)/t21-,22+,28+/m1/s1. The number of hydrogen-bond donors (Lipinski definition) is 2. The van der Waals surface area contributed by atoms with Crippen LogP contribution in [0.4, 0.5) is 4.79 Å². The summed E-state index contributed by atoms with van der Waals surface area (Å²) in [6, 6.07) is 11.3. The van der Waals surface area contributed by atoms with Crippen molar-refractivity contribution in [2.75, 3.05) is 26.7 Å². The first-order valence-electron chi connectivity index (χ1n) is 13.8. The highest BCUT2D eigenvalue weighted by Gasteiger charge is 2.38. The molecular formula is C30H38ClN3O5S. The van der Waals surface area contributed by atoms with Crippen LogP contribution in [0.1, 0.15) is 57.1 Å². The average Bonchev–Trinajstić information content (AvgIpc) is 2.93. The maximum atomic E-state index is 13.7. The number of hydrogen-bond acceptors (Lipinski definition) is 5. The van der Waals surface area contributed by atoms with Gasteiger partial charge >= 0.3 is 6.03 Å². The number of ether oxygens (including phenoxy) is 1. The molecule has 0 radical (unpaired) electrons. The number of urea groups is 1. The second-order valence-electron chi connectivity index (χ2n) is 10.8. The molecular weight excluding hydrogens is 550 g/mol. The minimum atomic E-state index is -3.97. The van der Waals surface area contributed by atoms with E-state index in [1.807, 2.05) is 19.1 Å². The number of amides is 2. The third-order valence-electron chi connectivity index (χ3n) is 7.58. The van der Waals surface area contributed by atoms with Gasteiger partial charge in [0.2, 0.25) is 10.0 Å². The lowest BCUT2D eigenvalue weighted by molar-refractivity contribution is 0.0806. The predicted molar refractivity (Wildman–Crippen MR) is 156 cm³/mol. The topological polar surface area (TPSA) is 99.2 Å². The number of benzene rings is 2. The molecule has 0 unspecified atom stereocenters. The van der Waals surface area contributed by atoms with Gasteiger partial charge in [0.15, 0.2) is 0 Å². The SMILES string of the molecule is C[C@@H]1CN([C@@H](C)CO)S(=O)(=O)c2ccc(C#Cc3cccc(Cl)c3)cc2O[C@H]1CN(C)C(=O)NC1CCCCC1. The normalized spacial score (nSPS) is 21.9. The Morgan fingerprint density at radius 3 is 2.55 bits per heavy atom. The second-order valence-corrected chi connectivity index (χ2v) is 13.1. The van der Waals surface area contributed by atoms with Crippen molar-refractivity contribution < 1.29 is 23.1 Å². The van der Waals surface area contributed by atoms with E-state index in [1.165, 1.54) is 16.8 Å². The molecule has 1 aliphatic heterocycles. The van der Waals surface area contributed by atoms with E-state index in [2.05, 4.69) is 17.2 Å². The molecule has 216 valence electrons. The number of nitrogens with zero attached hydrogens (tertiary/aromatic N) is 2. The molecule has 0 spiro atoms. The van der Waals surface area contributed by atoms with Crippen LogP contribution in [0, 0.1) is 17.8 Å². The summed E-state index contributed by atoms with van der Waals surface area (Å²) in [6.45, 7) is 3.66. The Bertz CT molecular complexity index is 1370. The zero-order chi connectivity index (χ0) is 28.9. The fourth-order valence-corrected chi connectivity index (χ4v) is 7.13. The van der Waals surface area contributed by atoms with E-state index in [1.54, 1.807) is 43.1 Å². The number of rotatable bonds is 5. The molecule has 10 heteroatoms. The van der Waals surface area contributed by atoms with E-state index in [0.29, 0.717) is 10.6 Å². The molecule has 2 N–H and O–H groups in total. The highest BCUT2D eigenvalue weighted by Crippen LogP contribution is 2.34. The number of nitrogens with one attached hydrogen (secondary N) is 1. The summed E-state index contributed by atoms with van der Waals surface area (Å²) < 4.78 is 35.2. The molecule has 0 aromatic heterocycles. The Morgan fingerprint density at radius 2 is 1.88 bits per heavy atom. The van der Waals surface area contributed by atoms with Gasteiger partial charge in [0.1, 0.15) is 16.7 Å². The van der Waals surface area contributed by atoms with Crippen molar-refractivity contribution in [2.24, 2.45) is 5.92 Å². The first-order chi connectivity index (χ1) is 19.1. The van der Waals surface area contributed by atoms with Gasteiger partial charge in [-0.3, -0.25) is 0 Å². The number of aliphatic hydroxyl groups excluding tert-OH is 1. The van der Waals surface area contributed by atoms with Crippen molar-refractivity contribution in [3.05, 3.63) is 58.6 Å². The Morgan fingerprint density at radius 1 is 1.18 bits per heavy atom. The first-order valence-corrected chi connectivity index (χ1v) is 15.6. The molecule has 2 aliphatic rings. The van der Waals surface area contributed by atoms with Gasteiger partial charge < -0.3 is 20.1 Å². The minimum absolute atomic E-state index is 0.00677. The Labute approximate surface area is 242 Å². The lowest BCUT2D eigenvalue weighted by Gasteiger charge is -2.37. The lowest BCUT2D eigenvalue weighted by Crippen LogP contribution is -2.52. The van der Waals surface area contributed by atoms with Gasteiger partial charge in [-0.05, 0) is 56.2 Å². The van der Waals surface area contributed by atoms with Crippen molar-refractivity contribution in [3.63, 3.8) is 0 Å². The Kier molecular flexibility index (Phi) is 10.0. The molecule has 0 saturated heterocycles. The van der Waals surface area contributed by atoms with Crippen molar-refractivity contribution in [2.45, 2.75) is 69.0 Å². The molecule has 40 heavy (non-hydrogen) atoms. The molecule has 1 aliphatic carbocycles. The highest BCUT2D eigenvalue weighted by atomic mass is 35.5. The number of sulfonamides is 1. The number of carbonyl (C=O) groups excluding carboxylic acids is 1. The molecule has 2 aromatic carbocycles. The van der Waals surface area contributed by atoms with E-state index < -0.39 is 22.2 Å². The van der Waals surface area contributed by atoms with Crippen molar-refractivity contribution in [1.82, 2.24) is 14.5 Å². The molecule has 2 aromatic rings. The fraction of sp³-hybridized carbons (Fsp3) is 0.500. The number of carbonyl (C=O) groups is 1. The van der Waals surface area contributed by atoms with E-state index in [9.17, 15) is 18.3 Å². The van der Waals surface area contributed by atoms with Gasteiger partial charge in [-0.2, -0.15) is 4.31 Å². The molecule has 4 rings (SSSR count). The second kappa shape index (κ2) is 13.3. The number of fused-ring (bicyclic) bond motifs is 1. The quantitative estimate of drug-likeness (QED) is 0.503. The molecule has 2 amide bonds. The number of halogens is 1. The Hall–Kier alpha value is -2.77. The van der Waals surface area contributed by atoms with E-state index in [-0.39, 0.29) is 48.3 Å². The van der Waals surface area contributed by atoms with Gasteiger partial charge in [0.25, 0.3) is 0 Å². The van der Waals surface area contributed by atoms with Crippen LogP contribution in [0.2, 0.25) is 5.02 Å². The van der Waals surface area contributed by atoms with Gasteiger partial charge in [-0.1, -0.05) is 55.7 Å². The molecule has 1 fully saturated rings. The lowest BCUT2D eigenvalue weighted by atomic mass is 9.96. The summed E-state index contributed by atoms with van der Waals surface area (Å²) in [5.74, 6) is 6.02. The largest absolute Gasteiger partial charge is 0.487 e. The van der Waals surface area contributed by atoms with Crippen LogP contribution in [0.25, 0.3) is 0 Å². The van der Waals surface area contributed by atoms with Gasteiger partial charge in [0.05, 0.1) is 13.2 Å². The highest BCUT2D eigenvalue weighted by molar-refractivity contribution is 7.89. The van der Waals surface area contributed by atoms with Gasteiger partial charge in [-0.25, -0.2) is 13.2 Å². The zero-order valence-electron chi connectivity index (χ0n) is 23.3. The van der Waals surface area contributed by atoms with Gasteiger partial charge in [0, 0.05) is 47.7 Å². The summed E-state index contributed by atoms with van der Waals surface area (Å²) in [4.78, 5) is 14.6. The maximum absolute atomic E-state index is 13.7. The van der Waals surface area contributed by atoms with Crippen LogP contribution in [0.5, 0.6) is 5.75 Å². The van der Waals surface area contributed by atoms with Crippen molar-refractivity contribution in [1.29, 1.82) is 0 Å². The van der Waals surface area contributed by atoms with Crippen molar-refractivity contribution in [3.8, 4) is 17.6 Å². The van der Waals surface area contributed by atoms with Crippen LogP contribution >= 0.6 is 11.6 Å². The fourth-order valence-electron chi connectivity index (χ4n) is 5.12. The molecule has 0 bridgehead atoms. The number of likely N-dealkylation sites (N-methyl/N-ethyl adjacent to an activating group) is 1. The maximum Gasteiger partial charge on any atom is 0.317 e. The summed E-state index contributed by atoms with van der Waals surface area (Å²) >= 11 is 6.08. The van der Waals surface area contributed by atoms with Crippen LogP contribution in [-0.4, -0.2) is 73.7 Å². The smallest absolute Gasteiger partial charge is 0.317 e. The van der Waals surface area contributed by atoms with Crippen LogP contribution < -0.4 is 10.1 Å². The van der Waals surface area contributed by atoms with Crippen molar-refractivity contribution >= 4 is 27.7 Å². The molecule has 8 nitrogen and oxygen atoms in total. The summed E-state index contributed by atoms with van der Waals surface area (Å²) in [6.07, 6.45) is 4.89. The summed E-state index contributed by atoms with van der Waals surface area (Å²) in [5.41, 5.74) is 1.30. The first kappa shape index (κ1) is 30.2. The van der Waals surface area contributed by atoms with Crippen LogP contribution in [0.15, 0.2) is 47.4 Å². The minimum Gasteiger partial charge on any atom is -0.487 e. The molecule has 1 saturated carbocycles. The van der Waals surface area contributed by atoms with E-state index in [0.717, 1.165) is 31.2 Å². The third-order valence-corrected chi connectivity index (χ3v) is 9.83. The van der Waals surface area contributed by atoms with Crippen LogP contribution in [0.3, 0.4) is 0 Å². The average molecular weight is 588 g/mol. The summed E-state index contributed by atoms with van der Waals surface area (Å²) in [5, 5.41) is 13.6. The molecule has 3 atom stereocenters. The third kappa shape index (κ3) is 7.29. The monoisotopic (exact) mass is 587 g/mol. The number of aliphatic hydroxyl groups is 1. The molecule has 1 heterocycles. The predicted octanol–water partition coefficient (Wildman–Crippen LogP) is 4.48. The van der Waals surface area contributed by atoms with E-state index >= 15 is 0 Å².